The van der Waals surface area contributed by atoms with Gasteiger partial charge in [0.25, 0.3) is 0 Å². The van der Waals surface area contributed by atoms with Gasteiger partial charge < -0.3 is 5.11 Å². The normalized spacial score (nSPS) is 13.5. The number of nitrogens with zero attached hydrogens (tertiary/aromatic N) is 3. The lowest BCUT2D eigenvalue weighted by molar-refractivity contribution is -0.245. The van der Waals surface area contributed by atoms with Gasteiger partial charge in [0.15, 0.2) is 0 Å². The number of aromatic nitrogens is 1. The maximum atomic E-state index is 12.0. The Morgan fingerprint density at radius 3 is 2.53 bits per heavy atom. The number of fused-ring (bicyclic) bond motifs is 1. The van der Waals surface area contributed by atoms with E-state index in [0.29, 0.717) is 5.69 Å². The van der Waals surface area contributed by atoms with Crippen LogP contribution in [0.3, 0.4) is 0 Å². The van der Waals surface area contributed by atoms with Gasteiger partial charge >= 0.3 is 0 Å². The largest absolute Gasteiger partial charge is 0.868 e. The molecule has 0 amide bonds. The number of para-hydroxylation sites is 1. The monoisotopic (exact) mass is 222 g/mol. The second-order valence-electron chi connectivity index (χ2n) is 3.60. The number of benzene rings is 1. The molecule has 0 saturated carbocycles. The molecule has 1 aromatic heterocycles. The molecule has 0 saturated heterocycles. The van der Waals surface area contributed by atoms with E-state index in [-0.39, 0.29) is 11.6 Å². The van der Waals surface area contributed by atoms with Gasteiger partial charge in [-0.1, -0.05) is 24.3 Å². The van der Waals surface area contributed by atoms with Gasteiger partial charge in [0.2, 0.25) is 0 Å². The van der Waals surface area contributed by atoms with Gasteiger partial charge in [0, 0.05) is 17.8 Å². The van der Waals surface area contributed by atoms with Crippen molar-refractivity contribution in [2.24, 2.45) is 9.98 Å². The number of hydrogen-bond acceptors (Lipinski definition) is 4. The summed E-state index contributed by atoms with van der Waals surface area (Å²) in [7, 11) is 0. The number of hydrogen-bond donors (Lipinski definition) is 0. The molecule has 1 aromatic carbocycles. The van der Waals surface area contributed by atoms with Crippen molar-refractivity contribution in [3.8, 4) is 0 Å². The van der Waals surface area contributed by atoms with Crippen LogP contribution in [0.25, 0.3) is 16.7 Å². The van der Waals surface area contributed by atoms with Gasteiger partial charge in [-0.25, -0.2) is 15.0 Å². The van der Waals surface area contributed by atoms with Crippen LogP contribution in [-0.4, -0.2) is 17.4 Å². The van der Waals surface area contributed by atoms with E-state index in [1.54, 1.807) is 6.07 Å². The summed E-state index contributed by atoms with van der Waals surface area (Å²) in [6.07, 6.45) is 2.99. The van der Waals surface area contributed by atoms with Gasteiger partial charge in [-0.05, 0) is 17.9 Å². The van der Waals surface area contributed by atoms with Crippen molar-refractivity contribution < 1.29 is 5.11 Å². The molecule has 1 aliphatic rings. The van der Waals surface area contributed by atoms with Gasteiger partial charge in [0.05, 0.1) is 11.2 Å². The zero-order chi connectivity index (χ0) is 11.7. The van der Waals surface area contributed by atoms with E-state index in [2.05, 4.69) is 15.0 Å². The zero-order valence-corrected chi connectivity index (χ0v) is 8.87. The quantitative estimate of drug-likeness (QED) is 0.684. The van der Waals surface area contributed by atoms with E-state index in [1.807, 2.05) is 30.3 Å². The number of rotatable bonds is 1. The van der Waals surface area contributed by atoms with Crippen molar-refractivity contribution >= 4 is 29.1 Å². The summed E-state index contributed by atoms with van der Waals surface area (Å²) < 4.78 is 0. The molecule has 4 heteroatoms. The minimum Gasteiger partial charge on any atom is -0.868 e. The van der Waals surface area contributed by atoms with Crippen molar-refractivity contribution in [1.82, 2.24) is 4.98 Å². The summed E-state index contributed by atoms with van der Waals surface area (Å²) in [6, 6.07) is 11.2. The summed E-state index contributed by atoms with van der Waals surface area (Å²) in [6.45, 7) is 0. The van der Waals surface area contributed by atoms with E-state index < -0.39 is 0 Å². The van der Waals surface area contributed by atoms with Crippen LogP contribution in [0.5, 0.6) is 0 Å². The molecule has 1 aliphatic heterocycles. The zero-order valence-electron chi connectivity index (χ0n) is 8.87. The average molecular weight is 222 g/mol. The highest BCUT2D eigenvalue weighted by Crippen LogP contribution is 2.18. The van der Waals surface area contributed by atoms with Crippen molar-refractivity contribution in [2.45, 2.75) is 0 Å². The van der Waals surface area contributed by atoms with E-state index in [9.17, 15) is 5.11 Å². The van der Waals surface area contributed by atoms with Crippen LogP contribution < -0.4 is 5.11 Å². The Labute approximate surface area is 97.7 Å². The molecule has 0 atom stereocenters. The topological polar surface area (TPSA) is 60.7 Å². The number of pyridine rings is 1. The third-order valence-corrected chi connectivity index (χ3v) is 2.49. The molecule has 17 heavy (non-hydrogen) atoms. The first kappa shape index (κ1) is 9.72. The van der Waals surface area contributed by atoms with E-state index in [4.69, 9.17) is 0 Å². The molecule has 2 aromatic rings. The molecule has 3 rings (SSSR count). The minimum absolute atomic E-state index is 0.188. The smallest absolute Gasteiger partial charge is 0.146 e. The Balaban J connectivity index is 2.15. The summed E-state index contributed by atoms with van der Waals surface area (Å²) in [5.41, 5.74) is 1.17. The first-order valence-corrected chi connectivity index (χ1v) is 5.19. The standard InChI is InChI=1S/C13H9N3O/c17-12(13-14-7-8-15-13)11-6-5-9-3-1-2-4-10(9)16-11/h1-8,17H/p-1. The molecule has 0 bridgehead atoms. The van der Waals surface area contributed by atoms with Crippen LogP contribution in [0, 0.1) is 0 Å². The SMILES string of the molecule is [O-]C(=C1N=CC=N1)c1ccc2ccccc2n1. The Morgan fingerprint density at radius 1 is 0.941 bits per heavy atom. The van der Waals surface area contributed by atoms with Gasteiger partial charge in [-0.3, -0.25) is 0 Å². The second kappa shape index (κ2) is 3.83. The predicted molar refractivity (Wildman–Crippen MR) is 65.6 cm³/mol. The third kappa shape index (κ3) is 1.69. The van der Waals surface area contributed by atoms with E-state index in [0.717, 1.165) is 10.9 Å². The van der Waals surface area contributed by atoms with Crippen LogP contribution in [0.4, 0.5) is 0 Å². The summed E-state index contributed by atoms with van der Waals surface area (Å²) in [5.74, 6) is -0.0615. The highest BCUT2D eigenvalue weighted by atomic mass is 16.3. The molecule has 2 heterocycles. The van der Waals surface area contributed by atoms with Crippen LogP contribution >= 0.6 is 0 Å². The molecule has 0 fully saturated rings. The van der Waals surface area contributed by atoms with E-state index in [1.165, 1.54) is 12.4 Å². The molecular formula is C13H8N3O-. The fraction of sp³-hybridized carbons (Fsp3) is 0. The predicted octanol–water partition coefficient (Wildman–Crippen LogP) is 1.38. The molecule has 0 spiro atoms. The average Bonchev–Trinajstić information content (AvgIpc) is 2.91. The summed E-state index contributed by atoms with van der Waals surface area (Å²) in [5, 5.41) is 13.0. The number of aliphatic imine (C=N–C) groups is 2. The lowest BCUT2D eigenvalue weighted by Gasteiger charge is -2.12. The molecule has 0 N–H and O–H groups in total. The molecule has 0 unspecified atom stereocenters. The van der Waals surface area contributed by atoms with Crippen LogP contribution in [-0.2, 0) is 0 Å². The first-order chi connectivity index (χ1) is 8.34. The fourth-order valence-corrected chi connectivity index (χ4v) is 1.67. The van der Waals surface area contributed by atoms with Gasteiger partial charge in [-0.15, -0.1) is 0 Å². The van der Waals surface area contributed by atoms with Crippen LogP contribution in [0.2, 0.25) is 0 Å². The van der Waals surface area contributed by atoms with Gasteiger partial charge in [0.1, 0.15) is 5.82 Å². The third-order valence-electron chi connectivity index (χ3n) is 2.49. The minimum atomic E-state index is -0.249. The summed E-state index contributed by atoms with van der Waals surface area (Å²) >= 11 is 0. The van der Waals surface area contributed by atoms with Crippen molar-refractivity contribution in [1.29, 1.82) is 0 Å². The maximum Gasteiger partial charge on any atom is 0.146 e. The van der Waals surface area contributed by atoms with Crippen molar-refractivity contribution in [2.75, 3.05) is 0 Å². The van der Waals surface area contributed by atoms with Crippen molar-refractivity contribution in [3.63, 3.8) is 0 Å². The molecule has 4 nitrogen and oxygen atoms in total. The molecule has 82 valence electrons. The second-order valence-corrected chi connectivity index (χ2v) is 3.60. The fourth-order valence-electron chi connectivity index (χ4n) is 1.67. The lowest BCUT2D eigenvalue weighted by Crippen LogP contribution is -2.06. The summed E-state index contributed by atoms with van der Waals surface area (Å²) in [4.78, 5) is 12.0. The Hall–Kier alpha value is -2.49. The Morgan fingerprint density at radius 2 is 1.71 bits per heavy atom. The lowest BCUT2D eigenvalue weighted by atomic mass is 10.2. The highest BCUT2D eigenvalue weighted by Gasteiger charge is 2.02. The first-order valence-electron chi connectivity index (χ1n) is 5.19. The van der Waals surface area contributed by atoms with Crippen LogP contribution in [0.15, 0.2) is 52.2 Å². The van der Waals surface area contributed by atoms with E-state index >= 15 is 0 Å². The molecule has 0 aliphatic carbocycles. The van der Waals surface area contributed by atoms with Crippen LogP contribution in [0.1, 0.15) is 5.69 Å². The van der Waals surface area contributed by atoms with Crippen molar-refractivity contribution in [3.05, 3.63) is 47.9 Å². The molecule has 0 radical (unpaired) electrons. The molecular weight excluding hydrogens is 214 g/mol. The maximum absolute atomic E-state index is 12.0. The Bertz CT molecular complexity index is 657. The van der Waals surface area contributed by atoms with Gasteiger partial charge in [-0.2, -0.15) is 0 Å². The Kier molecular flexibility index (Phi) is 2.19. The highest BCUT2D eigenvalue weighted by molar-refractivity contribution is 6.18.